The number of ketones is 1. The number of hydrogen-bond donors (Lipinski definition) is 0. The number of ether oxygens (including phenoxy) is 1. The monoisotopic (exact) mass is 268 g/mol. The Labute approximate surface area is 120 Å². The Morgan fingerprint density at radius 2 is 1.70 bits per heavy atom. The molecule has 0 bridgehead atoms. The lowest BCUT2D eigenvalue weighted by atomic mass is 10.0. The first-order valence-corrected chi connectivity index (χ1v) is 7.06. The largest absolute Gasteiger partial charge is 0.494 e. The number of carbonyl (C=O) groups is 1. The summed E-state index contributed by atoms with van der Waals surface area (Å²) in [4.78, 5) is 12.3. The predicted octanol–water partition coefficient (Wildman–Crippen LogP) is 4.07. The molecule has 0 unspecified atom stereocenters. The van der Waals surface area contributed by atoms with E-state index >= 15 is 0 Å². The van der Waals surface area contributed by atoms with Crippen molar-refractivity contribution >= 4 is 5.78 Å². The fourth-order valence-electron chi connectivity index (χ4n) is 2.11. The molecule has 0 radical (unpaired) electrons. The number of aryl methyl sites for hydroxylation is 1. The Bertz CT molecular complexity index is 570. The standard InChI is InChI=1S/C18H20O2/c1-3-14-8-10-15(11-9-14)12-18(19)16-6-5-7-17(13-16)20-4-2/h5-11,13H,3-4,12H2,1-2H3. The molecule has 2 heteroatoms. The summed E-state index contributed by atoms with van der Waals surface area (Å²) >= 11 is 0. The molecule has 0 aliphatic carbocycles. The molecule has 104 valence electrons. The van der Waals surface area contributed by atoms with Gasteiger partial charge in [-0.05, 0) is 36.6 Å². The Morgan fingerprint density at radius 3 is 2.35 bits per heavy atom. The zero-order chi connectivity index (χ0) is 14.4. The van der Waals surface area contributed by atoms with E-state index in [9.17, 15) is 4.79 Å². The van der Waals surface area contributed by atoms with Gasteiger partial charge in [0.1, 0.15) is 5.75 Å². The van der Waals surface area contributed by atoms with Gasteiger partial charge in [-0.3, -0.25) is 4.79 Å². The lowest BCUT2D eigenvalue weighted by Crippen LogP contribution is -2.04. The summed E-state index contributed by atoms with van der Waals surface area (Å²) in [6.07, 6.45) is 1.45. The van der Waals surface area contributed by atoms with E-state index in [1.54, 1.807) is 0 Å². The third kappa shape index (κ3) is 3.70. The quantitative estimate of drug-likeness (QED) is 0.738. The third-order valence-corrected chi connectivity index (χ3v) is 3.26. The topological polar surface area (TPSA) is 26.3 Å². The van der Waals surface area contributed by atoms with Crippen LogP contribution >= 0.6 is 0 Å². The van der Waals surface area contributed by atoms with Crippen LogP contribution < -0.4 is 4.74 Å². The summed E-state index contributed by atoms with van der Waals surface area (Å²) in [5.74, 6) is 0.871. The van der Waals surface area contributed by atoms with Gasteiger partial charge in [0.05, 0.1) is 6.61 Å². The van der Waals surface area contributed by atoms with Crippen LogP contribution in [0.3, 0.4) is 0 Å². The molecule has 2 aromatic carbocycles. The van der Waals surface area contributed by atoms with Gasteiger partial charge in [0, 0.05) is 12.0 Å². The van der Waals surface area contributed by atoms with Gasteiger partial charge in [-0.25, -0.2) is 0 Å². The smallest absolute Gasteiger partial charge is 0.167 e. The van der Waals surface area contributed by atoms with E-state index in [2.05, 4.69) is 19.1 Å². The van der Waals surface area contributed by atoms with E-state index in [0.717, 1.165) is 17.7 Å². The summed E-state index contributed by atoms with van der Waals surface area (Å²) < 4.78 is 5.42. The number of hydrogen-bond acceptors (Lipinski definition) is 2. The fraction of sp³-hybridized carbons (Fsp3) is 0.278. The summed E-state index contributed by atoms with van der Waals surface area (Å²) in [6.45, 7) is 4.67. The highest BCUT2D eigenvalue weighted by Crippen LogP contribution is 2.16. The SMILES string of the molecule is CCOc1cccc(C(=O)Cc2ccc(CC)cc2)c1. The van der Waals surface area contributed by atoms with Crippen LogP contribution in [0, 0.1) is 0 Å². The van der Waals surface area contributed by atoms with Crippen LogP contribution in [0.4, 0.5) is 0 Å². The van der Waals surface area contributed by atoms with Crippen LogP contribution in [0.5, 0.6) is 5.75 Å². The molecule has 2 aromatic rings. The Morgan fingerprint density at radius 1 is 1.00 bits per heavy atom. The summed E-state index contributed by atoms with van der Waals surface area (Å²) in [7, 11) is 0. The molecule has 0 aliphatic heterocycles. The van der Waals surface area contributed by atoms with E-state index < -0.39 is 0 Å². The van der Waals surface area contributed by atoms with Crippen molar-refractivity contribution in [3.8, 4) is 5.75 Å². The molecule has 0 heterocycles. The average molecular weight is 268 g/mol. The fourth-order valence-corrected chi connectivity index (χ4v) is 2.11. The van der Waals surface area contributed by atoms with E-state index in [1.165, 1.54) is 5.56 Å². The molecular formula is C18H20O2. The summed E-state index contributed by atoms with van der Waals surface area (Å²) in [5.41, 5.74) is 3.05. The molecule has 2 rings (SSSR count). The van der Waals surface area contributed by atoms with Gasteiger partial charge in [0.25, 0.3) is 0 Å². The van der Waals surface area contributed by atoms with Crippen molar-refractivity contribution in [3.63, 3.8) is 0 Å². The van der Waals surface area contributed by atoms with Crippen LogP contribution in [0.1, 0.15) is 35.3 Å². The normalized spacial score (nSPS) is 10.3. The Balaban J connectivity index is 2.08. The molecule has 20 heavy (non-hydrogen) atoms. The second-order valence-electron chi connectivity index (χ2n) is 4.73. The van der Waals surface area contributed by atoms with Crippen LogP contribution in [0.2, 0.25) is 0 Å². The number of Topliss-reactive ketones (excluding diaryl/α,β-unsaturated/α-hetero) is 1. The highest BCUT2D eigenvalue weighted by molar-refractivity contribution is 5.97. The summed E-state index contributed by atoms with van der Waals surface area (Å²) in [5, 5.41) is 0. The maximum absolute atomic E-state index is 12.3. The highest BCUT2D eigenvalue weighted by atomic mass is 16.5. The van der Waals surface area contributed by atoms with Crippen molar-refractivity contribution in [1.82, 2.24) is 0 Å². The number of benzene rings is 2. The van der Waals surface area contributed by atoms with Gasteiger partial charge in [0.2, 0.25) is 0 Å². The minimum Gasteiger partial charge on any atom is -0.494 e. The molecule has 0 saturated heterocycles. The van der Waals surface area contributed by atoms with E-state index in [4.69, 9.17) is 4.74 Å². The van der Waals surface area contributed by atoms with Crippen LogP contribution in [0.15, 0.2) is 48.5 Å². The van der Waals surface area contributed by atoms with Crippen molar-refractivity contribution < 1.29 is 9.53 Å². The van der Waals surface area contributed by atoms with Crippen molar-refractivity contribution in [1.29, 1.82) is 0 Å². The second-order valence-corrected chi connectivity index (χ2v) is 4.73. The molecule has 0 aromatic heterocycles. The Kier molecular flexibility index (Phi) is 4.94. The van der Waals surface area contributed by atoms with Crippen molar-refractivity contribution in [2.75, 3.05) is 6.61 Å². The van der Waals surface area contributed by atoms with Crippen LogP contribution in [-0.4, -0.2) is 12.4 Å². The lowest BCUT2D eigenvalue weighted by Gasteiger charge is -2.06. The summed E-state index contributed by atoms with van der Waals surface area (Å²) in [6, 6.07) is 15.6. The molecule has 0 saturated carbocycles. The predicted molar refractivity (Wildman–Crippen MR) is 81.5 cm³/mol. The molecule has 0 amide bonds. The molecule has 0 N–H and O–H groups in total. The first-order valence-electron chi connectivity index (χ1n) is 7.06. The number of carbonyl (C=O) groups excluding carboxylic acids is 1. The van der Waals surface area contributed by atoms with Gasteiger partial charge < -0.3 is 4.74 Å². The van der Waals surface area contributed by atoms with Crippen molar-refractivity contribution in [2.24, 2.45) is 0 Å². The average Bonchev–Trinajstić information content (AvgIpc) is 2.48. The van der Waals surface area contributed by atoms with Crippen molar-refractivity contribution in [2.45, 2.75) is 26.7 Å². The minimum atomic E-state index is 0.121. The second kappa shape index (κ2) is 6.90. The number of rotatable bonds is 6. The highest BCUT2D eigenvalue weighted by Gasteiger charge is 2.08. The van der Waals surface area contributed by atoms with Gasteiger partial charge in [-0.1, -0.05) is 43.3 Å². The first-order chi connectivity index (χ1) is 9.72. The zero-order valence-corrected chi connectivity index (χ0v) is 12.1. The lowest BCUT2D eigenvalue weighted by molar-refractivity contribution is 0.0992. The molecule has 0 atom stereocenters. The molecule has 2 nitrogen and oxygen atoms in total. The van der Waals surface area contributed by atoms with Gasteiger partial charge in [-0.2, -0.15) is 0 Å². The van der Waals surface area contributed by atoms with Crippen molar-refractivity contribution in [3.05, 3.63) is 65.2 Å². The van der Waals surface area contributed by atoms with E-state index in [-0.39, 0.29) is 5.78 Å². The maximum Gasteiger partial charge on any atom is 0.167 e. The van der Waals surface area contributed by atoms with Crippen LogP contribution in [0.25, 0.3) is 0 Å². The molecule has 0 spiro atoms. The van der Waals surface area contributed by atoms with Gasteiger partial charge in [-0.15, -0.1) is 0 Å². The first kappa shape index (κ1) is 14.3. The molecular weight excluding hydrogens is 248 g/mol. The molecule has 0 aliphatic rings. The van der Waals surface area contributed by atoms with Gasteiger partial charge >= 0.3 is 0 Å². The van der Waals surface area contributed by atoms with E-state index in [0.29, 0.717) is 18.6 Å². The maximum atomic E-state index is 12.3. The van der Waals surface area contributed by atoms with Crippen LogP contribution in [-0.2, 0) is 12.8 Å². The van der Waals surface area contributed by atoms with Gasteiger partial charge in [0.15, 0.2) is 5.78 Å². The molecule has 0 fully saturated rings. The zero-order valence-electron chi connectivity index (χ0n) is 12.1. The van der Waals surface area contributed by atoms with E-state index in [1.807, 2.05) is 43.3 Å². The minimum absolute atomic E-state index is 0.121. The third-order valence-electron chi connectivity index (χ3n) is 3.26. The Hall–Kier alpha value is -2.09.